The van der Waals surface area contributed by atoms with E-state index in [1.54, 1.807) is 0 Å². The zero-order chi connectivity index (χ0) is 12.6. The molecule has 2 heterocycles. The van der Waals surface area contributed by atoms with Crippen molar-refractivity contribution in [2.24, 2.45) is 12.5 Å². The summed E-state index contributed by atoms with van der Waals surface area (Å²) in [5.41, 5.74) is 10.8. The number of aryl methyl sites for hydroxylation is 2. The van der Waals surface area contributed by atoms with Gasteiger partial charge >= 0.3 is 0 Å². The van der Waals surface area contributed by atoms with Crippen LogP contribution in [0.25, 0.3) is 5.57 Å². The number of hydrogen-bond acceptors (Lipinski definition) is 3. The average molecular weight is 232 g/mol. The molecule has 2 rings (SSSR count). The Bertz CT molecular complexity index is 486. The molecule has 0 aliphatic carbocycles. The van der Waals surface area contributed by atoms with Crippen LogP contribution in [0, 0.1) is 12.3 Å². The van der Waals surface area contributed by atoms with Gasteiger partial charge in [0.05, 0.1) is 11.4 Å². The van der Waals surface area contributed by atoms with Crippen molar-refractivity contribution in [2.75, 3.05) is 0 Å². The van der Waals surface area contributed by atoms with Crippen molar-refractivity contribution in [1.29, 1.82) is 0 Å². The molecule has 92 valence electrons. The van der Waals surface area contributed by atoms with Crippen molar-refractivity contribution >= 4 is 5.57 Å². The number of aromatic nitrogens is 2. The van der Waals surface area contributed by atoms with Crippen molar-refractivity contribution in [3.63, 3.8) is 0 Å². The van der Waals surface area contributed by atoms with E-state index in [4.69, 9.17) is 0 Å². The summed E-state index contributed by atoms with van der Waals surface area (Å²) in [7, 11) is 1.98. The Hall–Kier alpha value is -1.71. The summed E-state index contributed by atoms with van der Waals surface area (Å²) in [6.07, 6.45) is 4.02. The molecule has 1 aromatic heterocycles. The Balaban J connectivity index is 2.47. The molecule has 4 heteroatoms. The van der Waals surface area contributed by atoms with Crippen LogP contribution in [0.1, 0.15) is 32.2 Å². The molecule has 4 nitrogen and oxygen atoms in total. The zero-order valence-electron chi connectivity index (χ0n) is 11.1. The number of rotatable bonds is 1. The fraction of sp³-hybridized carbons (Fsp3) is 0.462. The SMILES string of the molecule is Cc1cc(C2=CNNC=C2C(C)(C)C)n(C)n1. The maximum atomic E-state index is 4.40. The second-order valence-corrected chi connectivity index (χ2v) is 5.45. The van der Waals surface area contributed by atoms with Crippen molar-refractivity contribution in [3.8, 4) is 0 Å². The van der Waals surface area contributed by atoms with E-state index in [9.17, 15) is 0 Å². The molecule has 17 heavy (non-hydrogen) atoms. The highest BCUT2D eigenvalue weighted by Gasteiger charge is 2.25. The van der Waals surface area contributed by atoms with Gasteiger partial charge in [-0.3, -0.25) is 4.68 Å². The molecule has 0 atom stereocenters. The van der Waals surface area contributed by atoms with E-state index < -0.39 is 0 Å². The van der Waals surface area contributed by atoms with Crippen LogP contribution >= 0.6 is 0 Å². The molecule has 0 amide bonds. The Morgan fingerprint density at radius 3 is 2.35 bits per heavy atom. The van der Waals surface area contributed by atoms with Gasteiger partial charge in [0.15, 0.2) is 0 Å². The molecule has 1 aliphatic rings. The van der Waals surface area contributed by atoms with E-state index in [1.807, 2.05) is 31.1 Å². The minimum atomic E-state index is 0.0963. The second kappa shape index (κ2) is 3.95. The highest BCUT2D eigenvalue weighted by atomic mass is 15.3. The van der Waals surface area contributed by atoms with Crippen molar-refractivity contribution in [3.05, 3.63) is 35.4 Å². The van der Waals surface area contributed by atoms with Crippen molar-refractivity contribution in [2.45, 2.75) is 27.7 Å². The first kappa shape index (κ1) is 11.8. The van der Waals surface area contributed by atoms with Crippen LogP contribution in [0.15, 0.2) is 24.0 Å². The van der Waals surface area contributed by atoms with Gasteiger partial charge in [-0.15, -0.1) is 0 Å². The van der Waals surface area contributed by atoms with E-state index in [0.717, 1.165) is 11.4 Å². The lowest BCUT2D eigenvalue weighted by atomic mass is 9.81. The number of allylic oxidation sites excluding steroid dienone is 2. The lowest BCUT2D eigenvalue weighted by Crippen LogP contribution is -2.29. The Labute approximate surface area is 102 Å². The third-order valence-electron chi connectivity index (χ3n) is 2.89. The molecule has 0 unspecified atom stereocenters. The first-order chi connectivity index (χ1) is 7.89. The second-order valence-electron chi connectivity index (χ2n) is 5.45. The Morgan fingerprint density at radius 2 is 1.82 bits per heavy atom. The summed E-state index contributed by atoms with van der Waals surface area (Å²) < 4.78 is 1.92. The average Bonchev–Trinajstić information content (AvgIpc) is 2.56. The van der Waals surface area contributed by atoms with Crippen LogP contribution < -0.4 is 10.9 Å². The van der Waals surface area contributed by atoms with E-state index in [2.05, 4.69) is 42.8 Å². The van der Waals surface area contributed by atoms with Crippen LogP contribution in [-0.2, 0) is 7.05 Å². The summed E-state index contributed by atoms with van der Waals surface area (Å²) in [6.45, 7) is 8.65. The summed E-state index contributed by atoms with van der Waals surface area (Å²) >= 11 is 0. The van der Waals surface area contributed by atoms with Gasteiger partial charge in [-0.1, -0.05) is 20.8 Å². The summed E-state index contributed by atoms with van der Waals surface area (Å²) in [6, 6.07) is 2.11. The van der Waals surface area contributed by atoms with Crippen LogP contribution in [0.4, 0.5) is 0 Å². The first-order valence-electron chi connectivity index (χ1n) is 5.83. The molecule has 0 bridgehead atoms. The van der Waals surface area contributed by atoms with Crippen LogP contribution in [-0.4, -0.2) is 9.78 Å². The number of nitrogens with zero attached hydrogens (tertiary/aromatic N) is 2. The highest BCUT2D eigenvalue weighted by Crippen LogP contribution is 2.36. The minimum absolute atomic E-state index is 0.0963. The normalized spacial score (nSPS) is 15.8. The van der Waals surface area contributed by atoms with Gasteiger partial charge in [0.1, 0.15) is 0 Å². The standard InChI is InChI=1S/C13H20N4/c1-9-6-12(17(5)16-9)10-7-14-15-8-11(10)13(2,3)4/h6-8,14-15H,1-5H3. The molecule has 2 N–H and O–H groups in total. The zero-order valence-corrected chi connectivity index (χ0v) is 11.1. The monoisotopic (exact) mass is 232 g/mol. The lowest BCUT2D eigenvalue weighted by molar-refractivity contribution is 0.508. The fourth-order valence-electron chi connectivity index (χ4n) is 2.08. The summed E-state index contributed by atoms with van der Waals surface area (Å²) in [4.78, 5) is 0. The van der Waals surface area contributed by atoms with Crippen molar-refractivity contribution in [1.82, 2.24) is 20.6 Å². The third-order valence-corrected chi connectivity index (χ3v) is 2.89. The molecular weight excluding hydrogens is 212 g/mol. The topological polar surface area (TPSA) is 41.9 Å². The van der Waals surface area contributed by atoms with Crippen molar-refractivity contribution < 1.29 is 0 Å². The minimum Gasteiger partial charge on any atom is -0.308 e. The molecular formula is C13H20N4. The Morgan fingerprint density at radius 1 is 1.18 bits per heavy atom. The molecule has 1 aliphatic heterocycles. The van der Waals surface area contributed by atoms with Gasteiger partial charge in [0.2, 0.25) is 0 Å². The smallest absolute Gasteiger partial charge is 0.0700 e. The van der Waals surface area contributed by atoms with Gasteiger partial charge in [-0.25, -0.2) is 0 Å². The third kappa shape index (κ3) is 2.20. The van der Waals surface area contributed by atoms with Gasteiger partial charge < -0.3 is 10.9 Å². The first-order valence-corrected chi connectivity index (χ1v) is 5.83. The van der Waals surface area contributed by atoms with E-state index in [1.165, 1.54) is 11.1 Å². The van der Waals surface area contributed by atoms with E-state index in [-0.39, 0.29) is 5.41 Å². The maximum Gasteiger partial charge on any atom is 0.0700 e. The van der Waals surface area contributed by atoms with E-state index in [0.29, 0.717) is 0 Å². The van der Waals surface area contributed by atoms with Gasteiger partial charge in [-0.05, 0) is 24.0 Å². The largest absolute Gasteiger partial charge is 0.308 e. The predicted molar refractivity (Wildman–Crippen MR) is 69.7 cm³/mol. The number of hydrogen-bond donors (Lipinski definition) is 2. The predicted octanol–water partition coefficient (Wildman–Crippen LogP) is 2.11. The van der Waals surface area contributed by atoms with Gasteiger partial charge in [0.25, 0.3) is 0 Å². The van der Waals surface area contributed by atoms with Crippen LogP contribution in [0.2, 0.25) is 0 Å². The number of hydrazine groups is 1. The quantitative estimate of drug-likeness (QED) is 0.779. The highest BCUT2D eigenvalue weighted by molar-refractivity contribution is 5.79. The molecule has 1 aromatic rings. The number of nitrogens with one attached hydrogen (secondary N) is 2. The molecule has 0 spiro atoms. The molecule has 0 saturated heterocycles. The van der Waals surface area contributed by atoms with Gasteiger partial charge in [0, 0.05) is 25.0 Å². The summed E-state index contributed by atoms with van der Waals surface area (Å²) in [5, 5.41) is 4.40. The Kier molecular flexibility index (Phi) is 2.73. The maximum absolute atomic E-state index is 4.40. The van der Waals surface area contributed by atoms with E-state index >= 15 is 0 Å². The lowest BCUT2D eigenvalue weighted by Gasteiger charge is -2.28. The fourth-order valence-corrected chi connectivity index (χ4v) is 2.08. The van der Waals surface area contributed by atoms with Gasteiger partial charge in [-0.2, -0.15) is 5.10 Å². The molecule has 0 fully saturated rings. The molecule has 0 saturated carbocycles. The molecule has 0 radical (unpaired) electrons. The van der Waals surface area contributed by atoms with Crippen LogP contribution in [0.3, 0.4) is 0 Å². The van der Waals surface area contributed by atoms with Crippen LogP contribution in [0.5, 0.6) is 0 Å². The summed E-state index contributed by atoms with van der Waals surface area (Å²) in [5.74, 6) is 0. The molecule has 0 aromatic carbocycles.